The van der Waals surface area contributed by atoms with Crippen LogP contribution in [0.25, 0.3) is 0 Å². The van der Waals surface area contributed by atoms with E-state index in [0.29, 0.717) is 27.6 Å². The van der Waals surface area contributed by atoms with Crippen molar-refractivity contribution in [3.05, 3.63) is 39.8 Å². The van der Waals surface area contributed by atoms with Gasteiger partial charge in [0.25, 0.3) is 11.8 Å². The van der Waals surface area contributed by atoms with Gasteiger partial charge in [-0.2, -0.15) is 0 Å². The maximum Gasteiger partial charge on any atom is 0.413 e. The molecule has 0 unspecified atom stereocenters. The van der Waals surface area contributed by atoms with E-state index in [1.807, 2.05) is 0 Å². The van der Waals surface area contributed by atoms with Crippen molar-refractivity contribution in [1.29, 1.82) is 0 Å². The first kappa shape index (κ1) is 20.7. The first-order chi connectivity index (χ1) is 14.0. The molecule has 1 aliphatic carbocycles. The Morgan fingerprint density at radius 3 is 2.38 bits per heavy atom. The third-order valence-electron chi connectivity index (χ3n) is 4.67. The molecule has 29 heavy (non-hydrogen) atoms. The number of carbonyl (C=O) groups is 3. The highest BCUT2D eigenvalue weighted by Crippen LogP contribution is 2.38. The van der Waals surface area contributed by atoms with Gasteiger partial charge in [0.15, 0.2) is 11.5 Å². The predicted molar refractivity (Wildman–Crippen MR) is 108 cm³/mol. The maximum absolute atomic E-state index is 12.8. The second-order valence-electron chi connectivity index (χ2n) is 6.38. The van der Waals surface area contributed by atoms with Gasteiger partial charge in [0.1, 0.15) is 5.00 Å². The lowest BCUT2D eigenvalue weighted by atomic mass is 9.95. The molecule has 0 atom stereocenters. The Morgan fingerprint density at radius 1 is 0.966 bits per heavy atom. The average molecular weight is 418 g/mol. The number of thiophene rings is 1. The van der Waals surface area contributed by atoms with Crippen LogP contribution in [0.2, 0.25) is 0 Å². The van der Waals surface area contributed by atoms with Gasteiger partial charge in [-0.15, -0.1) is 11.3 Å². The number of carbonyl (C=O) groups excluding carboxylic acids is 3. The molecule has 1 aromatic carbocycles. The predicted octanol–water partition coefficient (Wildman–Crippen LogP) is 3.39. The molecule has 1 heterocycles. The summed E-state index contributed by atoms with van der Waals surface area (Å²) >= 11 is 1.36. The number of rotatable bonds is 5. The molecule has 3 rings (SSSR count). The average Bonchev–Trinajstić information content (AvgIpc) is 3.10. The van der Waals surface area contributed by atoms with E-state index in [4.69, 9.17) is 9.47 Å². The molecule has 8 nitrogen and oxygen atoms in total. The van der Waals surface area contributed by atoms with E-state index in [1.54, 1.807) is 18.2 Å². The zero-order chi connectivity index (χ0) is 21.0. The third-order valence-corrected chi connectivity index (χ3v) is 5.88. The fraction of sp³-hybridized carbons (Fsp3) is 0.350. The Morgan fingerprint density at radius 2 is 1.69 bits per heavy atom. The van der Waals surface area contributed by atoms with Crippen molar-refractivity contribution in [1.82, 2.24) is 5.32 Å². The maximum atomic E-state index is 12.8. The van der Waals surface area contributed by atoms with Crippen LogP contribution in [0, 0.1) is 0 Å². The van der Waals surface area contributed by atoms with Crippen molar-refractivity contribution >= 4 is 34.2 Å². The number of imide groups is 1. The van der Waals surface area contributed by atoms with Crippen molar-refractivity contribution in [3.8, 4) is 11.5 Å². The summed E-state index contributed by atoms with van der Waals surface area (Å²) in [6.45, 7) is 0. The largest absolute Gasteiger partial charge is 0.493 e. The van der Waals surface area contributed by atoms with E-state index in [0.717, 1.165) is 36.1 Å². The van der Waals surface area contributed by atoms with E-state index in [1.165, 1.54) is 32.7 Å². The van der Waals surface area contributed by atoms with Gasteiger partial charge in [-0.25, -0.2) is 4.79 Å². The van der Waals surface area contributed by atoms with Crippen LogP contribution in [0.4, 0.5) is 9.80 Å². The van der Waals surface area contributed by atoms with Crippen molar-refractivity contribution in [2.75, 3.05) is 26.6 Å². The minimum absolute atomic E-state index is 0.323. The number of methoxy groups -OCH3 is 3. The Hall–Kier alpha value is -3.07. The minimum atomic E-state index is -0.845. The van der Waals surface area contributed by atoms with Crippen molar-refractivity contribution < 1.29 is 28.6 Å². The van der Waals surface area contributed by atoms with Crippen molar-refractivity contribution in [2.24, 2.45) is 0 Å². The van der Waals surface area contributed by atoms with Gasteiger partial charge >= 0.3 is 6.09 Å². The molecule has 0 bridgehead atoms. The number of benzene rings is 1. The number of fused-ring (bicyclic) bond motifs is 1. The Bertz CT molecular complexity index is 953. The summed E-state index contributed by atoms with van der Waals surface area (Å²) in [5.41, 5.74) is 1.56. The van der Waals surface area contributed by atoms with Gasteiger partial charge in [-0.1, -0.05) is 0 Å². The highest BCUT2D eigenvalue weighted by atomic mass is 32.1. The van der Waals surface area contributed by atoms with E-state index >= 15 is 0 Å². The zero-order valence-corrected chi connectivity index (χ0v) is 17.2. The molecule has 1 aromatic heterocycles. The Balaban J connectivity index is 1.92. The summed E-state index contributed by atoms with van der Waals surface area (Å²) in [6, 6.07) is 4.81. The molecule has 0 radical (unpaired) electrons. The molecule has 1 aliphatic rings. The molecule has 2 aromatic rings. The standard InChI is InChI=1S/C20H22N2O6S/c1-26-13-9-8-11(10-14(13)27-2)17(23)21-19-16(18(24)22-20(25)28-3)12-6-4-5-7-15(12)29-19/h8-10H,4-7H2,1-3H3,(H,21,23)(H,22,24,25). The number of hydrogen-bond donors (Lipinski definition) is 2. The van der Waals surface area contributed by atoms with Crippen LogP contribution in [0.5, 0.6) is 11.5 Å². The monoisotopic (exact) mass is 418 g/mol. The van der Waals surface area contributed by atoms with Crippen molar-refractivity contribution in [3.63, 3.8) is 0 Å². The highest BCUT2D eigenvalue weighted by Gasteiger charge is 2.27. The first-order valence-corrected chi connectivity index (χ1v) is 9.87. The van der Waals surface area contributed by atoms with Gasteiger partial charge in [0, 0.05) is 10.4 Å². The SMILES string of the molecule is COC(=O)NC(=O)c1c(NC(=O)c2ccc(OC)c(OC)c2)sc2c1CCCC2. The lowest BCUT2D eigenvalue weighted by molar-refractivity contribution is 0.0937. The van der Waals surface area contributed by atoms with E-state index in [-0.39, 0.29) is 0 Å². The minimum Gasteiger partial charge on any atom is -0.493 e. The number of aryl methyl sites for hydroxylation is 1. The molecule has 2 N–H and O–H groups in total. The quantitative estimate of drug-likeness (QED) is 0.772. The van der Waals surface area contributed by atoms with Crippen LogP contribution in [0.3, 0.4) is 0 Å². The van der Waals surface area contributed by atoms with Crippen LogP contribution in [-0.2, 0) is 17.6 Å². The number of amides is 3. The number of hydrogen-bond acceptors (Lipinski definition) is 7. The molecular formula is C20H22N2O6S. The number of anilines is 1. The molecular weight excluding hydrogens is 396 g/mol. The molecule has 0 aliphatic heterocycles. The molecule has 0 saturated carbocycles. The number of alkyl carbamates (subject to hydrolysis) is 1. The molecule has 154 valence electrons. The van der Waals surface area contributed by atoms with Crippen molar-refractivity contribution in [2.45, 2.75) is 25.7 Å². The number of ether oxygens (including phenoxy) is 3. The fourth-order valence-electron chi connectivity index (χ4n) is 3.25. The second-order valence-corrected chi connectivity index (χ2v) is 7.49. The van der Waals surface area contributed by atoms with E-state index < -0.39 is 17.9 Å². The lowest BCUT2D eigenvalue weighted by Crippen LogP contribution is -2.31. The summed E-state index contributed by atoms with van der Waals surface area (Å²) in [6.07, 6.45) is 2.69. The van der Waals surface area contributed by atoms with Crippen LogP contribution in [-0.4, -0.2) is 39.2 Å². The lowest BCUT2D eigenvalue weighted by Gasteiger charge is -2.13. The van der Waals surface area contributed by atoms with E-state index in [2.05, 4.69) is 15.4 Å². The third kappa shape index (κ3) is 4.34. The molecule has 0 fully saturated rings. The van der Waals surface area contributed by atoms with Gasteiger partial charge in [-0.3, -0.25) is 14.9 Å². The molecule has 0 spiro atoms. The van der Waals surface area contributed by atoms with E-state index in [9.17, 15) is 14.4 Å². The zero-order valence-electron chi connectivity index (χ0n) is 16.4. The Labute approximate surface area is 172 Å². The number of nitrogens with one attached hydrogen (secondary N) is 2. The van der Waals surface area contributed by atoms with Crippen LogP contribution in [0.1, 0.15) is 44.0 Å². The summed E-state index contributed by atoms with van der Waals surface area (Å²) in [4.78, 5) is 38.1. The molecule has 0 saturated heterocycles. The summed E-state index contributed by atoms with van der Waals surface area (Å²) in [5, 5.41) is 5.42. The second kappa shape index (κ2) is 8.95. The first-order valence-electron chi connectivity index (χ1n) is 9.05. The van der Waals surface area contributed by atoms with Crippen LogP contribution < -0.4 is 20.1 Å². The van der Waals surface area contributed by atoms with Crippen LogP contribution in [0.15, 0.2) is 18.2 Å². The molecule has 3 amide bonds. The topological polar surface area (TPSA) is 103 Å². The van der Waals surface area contributed by atoms with Gasteiger partial charge in [0.05, 0.1) is 26.9 Å². The highest BCUT2D eigenvalue weighted by molar-refractivity contribution is 7.17. The van der Waals surface area contributed by atoms with Gasteiger partial charge in [0.2, 0.25) is 0 Å². The fourth-order valence-corrected chi connectivity index (χ4v) is 4.53. The summed E-state index contributed by atoms with van der Waals surface area (Å²) in [5.74, 6) is -0.0430. The smallest absolute Gasteiger partial charge is 0.413 e. The summed E-state index contributed by atoms with van der Waals surface area (Å²) in [7, 11) is 4.19. The normalized spacial score (nSPS) is 12.5. The molecule has 9 heteroatoms. The summed E-state index contributed by atoms with van der Waals surface area (Å²) < 4.78 is 15.0. The Kier molecular flexibility index (Phi) is 6.38. The van der Waals surface area contributed by atoms with Gasteiger partial charge in [-0.05, 0) is 49.4 Å². The van der Waals surface area contributed by atoms with Gasteiger partial charge < -0.3 is 19.5 Å². The van der Waals surface area contributed by atoms with Crippen LogP contribution >= 0.6 is 11.3 Å².